The van der Waals surface area contributed by atoms with E-state index < -0.39 is 25.6 Å². The summed E-state index contributed by atoms with van der Waals surface area (Å²) in [5.74, 6) is 0. The Hall–Kier alpha value is 0.180. The molecule has 1 nitrogen and oxygen atoms in total. The van der Waals surface area contributed by atoms with Crippen molar-refractivity contribution in [1.29, 1.82) is 0 Å². The molecule has 0 N–H and O–H groups in total. The summed E-state index contributed by atoms with van der Waals surface area (Å²) < 4.78 is 85.3. The second-order valence-corrected chi connectivity index (χ2v) is 5.65. The molecule has 0 aromatic heterocycles. The Bertz CT molecular complexity index is 152. The SMILES string of the molecule is C[S+](C)OC(F)F.F[P-](F)(F)(F)(F)F. The number of hydrogen-bond acceptors (Lipinski definition) is 1. The maximum absolute atomic E-state index is 11.1. The first kappa shape index (κ1) is 16.6. The standard InChI is InChI=1S/C3H7F2OS.F6P/c1-7(2)6-3(4)5;1-7(2,3,4,5)6/h3H,1-2H3;/q+1;-1. The summed E-state index contributed by atoms with van der Waals surface area (Å²) in [6.45, 7) is -2.61. The van der Waals surface area contributed by atoms with Gasteiger partial charge in [-0.3, -0.25) is 0 Å². The van der Waals surface area contributed by atoms with Gasteiger partial charge in [-0.05, 0) is 0 Å². The molecule has 0 amide bonds. The molecule has 0 unspecified atom stereocenters. The fourth-order valence-corrected chi connectivity index (χ4v) is 0.436. The first-order valence-electron chi connectivity index (χ1n) is 2.67. The van der Waals surface area contributed by atoms with Gasteiger partial charge in [-0.2, -0.15) is 8.78 Å². The monoisotopic (exact) mass is 274 g/mol. The Morgan fingerprint density at radius 1 is 0.929 bits per heavy atom. The zero-order valence-corrected chi connectivity index (χ0v) is 8.58. The first-order chi connectivity index (χ1) is 5.58. The van der Waals surface area contributed by atoms with E-state index in [0.717, 1.165) is 0 Å². The van der Waals surface area contributed by atoms with Gasteiger partial charge in [0.15, 0.2) is 0 Å². The van der Waals surface area contributed by atoms with Gasteiger partial charge >= 0.3 is 39.6 Å². The van der Waals surface area contributed by atoms with Crippen molar-refractivity contribution in [2.45, 2.75) is 6.61 Å². The molecule has 0 saturated heterocycles. The summed E-state index contributed by atoms with van der Waals surface area (Å²) in [4.78, 5) is 0. The average molecular weight is 274 g/mol. The van der Waals surface area contributed by atoms with Crippen LogP contribution in [0.2, 0.25) is 0 Å². The second kappa shape index (κ2) is 3.97. The van der Waals surface area contributed by atoms with Crippen LogP contribution in [0.5, 0.6) is 0 Å². The van der Waals surface area contributed by atoms with E-state index in [9.17, 15) is 34.0 Å². The van der Waals surface area contributed by atoms with E-state index in [1.807, 2.05) is 0 Å². The van der Waals surface area contributed by atoms with Crippen LogP contribution in [-0.4, -0.2) is 19.1 Å². The molecule has 0 atom stereocenters. The summed E-state index contributed by atoms with van der Waals surface area (Å²) in [5, 5.41) is 0. The summed E-state index contributed by atoms with van der Waals surface area (Å²) in [7, 11) is -10.7. The molecule has 0 fully saturated rings. The molecule has 0 saturated carbocycles. The summed E-state index contributed by atoms with van der Waals surface area (Å²) in [5.41, 5.74) is 0. The zero-order valence-electron chi connectivity index (χ0n) is 6.86. The second-order valence-electron chi connectivity index (χ2n) is 2.06. The van der Waals surface area contributed by atoms with Crippen molar-refractivity contribution in [2.75, 3.05) is 12.5 Å². The van der Waals surface area contributed by atoms with Crippen molar-refractivity contribution in [1.82, 2.24) is 0 Å². The molecule has 0 aromatic rings. The Morgan fingerprint density at radius 2 is 1.14 bits per heavy atom. The molecule has 92 valence electrons. The molecule has 0 spiro atoms. The molecule has 11 heteroatoms. The van der Waals surface area contributed by atoms with Gasteiger partial charge in [-0.15, -0.1) is 4.18 Å². The molecule has 14 heavy (non-hydrogen) atoms. The Kier molecular flexibility index (Phi) is 4.71. The fraction of sp³-hybridized carbons (Fsp3) is 1.00. The molecule has 0 heterocycles. The van der Waals surface area contributed by atoms with E-state index in [0.29, 0.717) is 0 Å². The van der Waals surface area contributed by atoms with Gasteiger partial charge in [0.2, 0.25) is 0 Å². The average Bonchev–Trinajstić information content (AvgIpc) is 1.46. The summed E-state index contributed by atoms with van der Waals surface area (Å²) in [6, 6.07) is 0. The predicted molar refractivity (Wildman–Crippen MR) is 39.9 cm³/mol. The van der Waals surface area contributed by atoms with E-state index in [-0.39, 0.29) is 0 Å². The Labute approximate surface area is 77.2 Å². The molecule has 0 aliphatic heterocycles. The summed E-state index contributed by atoms with van der Waals surface area (Å²) >= 11 is -0.596. The zero-order chi connectivity index (χ0) is 12.3. The summed E-state index contributed by atoms with van der Waals surface area (Å²) in [6.07, 6.45) is 3.18. The third-order valence-corrected chi connectivity index (χ3v) is 0.796. The quantitative estimate of drug-likeness (QED) is 0.412. The third kappa shape index (κ3) is 87.1. The molecule has 0 aliphatic rings. The third-order valence-electron chi connectivity index (χ3n) is 0.265. The minimum atomic E-state index is -10.7. The van der Waals surface area contributed by atoms with Gasteiger partial charge in [0, 0.05) is 0 Å². The molecular formula is C3H7F8OPS. The van der Waals surface area contributed by atoms with E-state index in [1.54, 1.807) is 12.5 Å². The molecular weight excluding hydrogens is 267 g/mol. The maximum atomic E-state index is 11.1. The Balaban J connectivity index is 0. The number of halogens is 8. The predicted octanol–water partition coefficient (Wildman–Crippen LogP) is 4.40. The molecule has 0 rings (SSSR count). The minimum absolute atomic E-state index is 0.596. The van der Waals surface area contributed by atoms with Crippen LogP contribution in [0.4, 0.5) is 34.0 Å². The number of rotatable bonds is 2. The van der Waals surface area contributed by atoms with Crippen molar-refractivity contribution < 1.29 is 38.1 Å². The van der Waals surface area contributed by atoms with Crippen molar-refractivity contribution in [3.05, 3.63) is 0 Å². The van der Waals surface area contributed by atoms with Crippen molar-refractivity contribution in [3.8, 4) is 0 Å². The van der Waals surface area contributed by atoms with Gasteiger partial charge in [0.25, 0.3) is 0 Å². The fourth-order valence-electron chi connectivity index (χ4n) is 0.145. The van der Waals surface area contributed by atoms with Gasteiger partial charge in [-0.25, -0.2) is 0 Å². The first-order valence-corrected chi connectivity index (χ1v) is 6.66. The van der Waals surface area contributed by atoms with Crippen LogP contribution < -0.4 is 0 Å². The topological polar surface area (TPSA) is 9.23 Å². The van der Waals surface area contributed by atoms with Crippen molar-refractivity contribution in [3.63, 3.8) is 0 Å². The number of alkyl halides is 2. The van der Waals surface area contributed by atoms with E-state index in [4.69, 9.17) is 0 Å². The van der Waals surface area contributed by atoms with Gasteiger partial charge in [0.1, 0.15) is 23.7 Å². The van der Waals surface area contributed by atoms with Crippen LogP contribution in [0.15, 0.2) is 0 Å². The van der Waals surface area contributed by atoms with Crippen LogP contribution in [0.3, 0.4) is 0 Å². The van der Waals surface area contributed by atoms with Crippen LogP contribution >= 0.6 is 7.81 Å². The van der Waals surface area contributed by atoms with Crippen LogP contribution in [0.1, 0.15) is 0 Å². The van der Waals surface area contributed by atoms with Crippen molar-refractivity contribution in [2.24, 2.45) is 0 Å². The van der Waals surface area contributed by atoms with Crippen LogP contribution in [-0.2, 0) is 15.4 Å². The van der Waals surface area contributed by atoms with E-state index >= 15 is 0 Å². The molecule has 0 aromatic carbocycles. The van der Waals surface area contributed by atoms with Gasteiger partial charge in [-0.1, -0.05) is 0 Å². The van der Waals surface area contributed by atoms with Crippen molar-refractivity contribution >= 4 is 19.0 Å². The normalized spacial score (nSPS) is 17.1. The van der Waals surface area contributed by atoms with E-state index in [2.05, 4.69) is 4.18 Å². The van der Waals surface area contributed by atoms with Crippen LogP contribution in [0, 0.1) is 0 Å². The number of hydrogen-bond donors (Lipinski definition) is 0. The molecule has 0 aliphatic carbocycles. The Morgan fingerprint density at radius 3 is 1.14 bits per heavy atom. The van der Waals surface area contributed by atoms with E-state index in [1.165, 1.54) is 0 Å². The molecule has 0 radical (unpaired) electrons. The van der Waals surface area contributed by atoms with Gasteiger partial charge < -0.3 is 0 Å². The van der Waals surface area contributed by atoms with Gasteiger partial charge in [0.05, 0.1) is 0 Å². The molecule has 0 bridgehead atoms. The van der Waals surface area contributed by atoms with Crippen LogP contribution in [0.25, 0.3) is 0 Å².